The number of carbonyl (C=O) groups excluding carboxylic acids is 1. The first-order chi connectivity index (χ1) is 5.22. The third kappa shape index (κ3) is 5.27. The number of ether oxygens (including phenoxy) is 1. The third-order valence-electron chi connectivity index (χ3n) is 1.46. The zero-order valence-corrected chi connectivity index (χ0v) is 8.24. The molecule has 0 aliphatic rings. The Morgan fingerprint density at radius 3 is 2.73 bits per heavy atom. The second kappa shape index (κ2) is 6.68. The van der Waals surface area contributed by atoms with Crippen LogP contribution in [0.3, 0.4) is 0 Å². The van der Waals surface area contributed by atoms with Crippen molar-refractivity contribution in [2.75, 3.05) is 19.5 Å². The molecule has 2 nitrogen and oxygen atoms in total. The highest BCUT2D eigenvalue weighted by atomic mass is 32.2. The summed E-state index contributed by atoms with van der Waals surface area (Å²) < 4.78 is 4.87. The predicted octanol–water partition coefficient (Wildman–Crippen LogP) is 1.73. The molecule has 0 heterocycles. The highest BCUT2D eigenvalue weighted by Gasteiger charge is 2.09. The molecular weight excluding hydrogens is 160 g/mol. The highest BCUT2D eigenvalue weighted by Crippen LogP contribution is 2.11. The molecule has 1 unspecified atom stereocenters. The Morgan fingerprint density at radius 1 is 1.64 bits per heavy atom. The molecule has 0 rings (SSSR count). The fourth-order valence-corrected chi connectivity index (χ4v) is 1.66. The van der Waals surface area contributed by atoms with Gasteiger partial charge in [0.2, 0.25) is 0 Å². The number of carbonyl (C=O) groups is 1. The Balaban J connectivity index is 3.36. The Hall–Kier alpha value is -0.0200. The lowest BCUT2D eigenvalue weighted by Gasteiger charge is -2.07. The van der Waals surface area contributed by atoms with Gasteiger partial charge in [-0.25, -0.2) is 0 Å². The van der Waals surface area contributed by atoms with Crippen molar-refractivity contribution in [2.24, 2.45) is 0 Å². The normalized spacial score (nSPS) is 13.0. The number of hydrogen-bond donors (Lipinski definition) is 0. The summed E-state index contributed by atoms with van der Waals surface area (Å²) >= 11 is 1.66. The summed E-state index contributed by atoms with van der Waals surface area (Å²) in [6, 6.07) is 0. The Kier molecular flexibility index (Phi) is 6.66. The van der Waals surface area contributed by atoms with Gasteiger partial charge in [-0.2, -0.15) is 0 Å². The number of rotatable bonds is 6. The van der Waals surface area contributed by atoms with Gasteiger partial charge in [-0.3, -0.25) is 4.79 Å². The minimum absolute atomic E-state index is 0.134. The van der Waals surface area contributed by atoms with Gasteiger partial charge < -0.3 is 4.74 Å². The van der Waals surface area contributed by atoms with Gasteiger partial charge in [-0.15, -0.1) is 11.8 Å². The molecule has 0 aliphatic carbocycles. The van der Waals surface area contributed by atoms with E-state index in [1.807, 2.05) is 13.8 Å². The van der Waals surface area contributed by atoms with Crippen LogP contribution >= 0.6 is 11.8 Å². The molecule has 0 aliphatic heterocycles. The fourth-order valence-electron chi connectivity index (χ4n) is 0.689. The maximum Gasteiger partial charge on any atom is 0.145 e. The van der Waals surface area contributed by atoms with Crippen molar-refractivity contribution in [1.29, 1.82) is 0 Å². The van der Waals surface area contributed by atoms with E-state index < -0.39 is 0 Å². The minimum Gasteiger partial charge on any atom is -0.384 e. The van der Waals surface area contributed by atoms with Crippen LogP contribution in [0.2, 0.25) is 0 Å². The number of thioether (sulfide) groups is 1. The molecule has 0 amide bonds. The minimum atomic E-state index is 0.134. The van der Waals surface area contributed by atoms with Crippen molar-refractivity contribution < 1.29 is 9.53 Å². The summed E-state index contributed by atoms with van der Waals surface area (Å²) in [4.78, 5) is 11.0. The number of ketones is 1. The van der Waals surface area contributed by atoms with Crippen molar-refractivity contribution in [3.8, 4) is 0 Å². The standard InChI is InChI=1S/C8H16O2S/c1-4-8(9)7(2)11-6-5-10-3/h7H,4-6H2,1-3H3. The summed E-state index contributed by atoms with van der Waals surface area (Å²) in [5.41, 5.74) is 0. The van der Waals surface area contributed by atoms with Crippen LogP contribution in [0.1, 0.15) is 20.3 Å². The van der Waals surface area contributed by atoms with E-state index >= 15 is 0 Å². The lowest BCUT2D eigenvalue weighted by atomic mass is 10.2. The van der Waals surface area contributed by atoms with Gasteiger partial charge in [0.05, 0.1) is 11.9 Å². The van der Waals surface area contributed by atoms with Crippen LogP contribution in [0.25, 0.3) is 0 Å². The SMILES string of the molecule is CCC(=O)C(C)SCCOC. The first-order valence-electron chi connectivity index (χ1n) is 3.85. The quantitative estimate of drug-likeness (QED) is 0.577. The summed E-state index contributed by atoms with van der Waals surface area (Å²) in [5, 5.41) is 0.134. The second-order valence-electron chi connectivity index (χ2n) is 2.33. The Bertz CT molecular complexity index is 115. The van der Waals surface area contributed by atoms with E-state index in [4.69, 9.17) is 4.74 Å². The van der Waals surface area contributed by atoms with E-state index in [1.165, 1.54) is 0 Å². The van der Waals surface area contributed by atoms with E-state index in [9.17, 15) is 4.79 Å². The van der Waals surface area contributed by atoms with Crippen LogP contribution < -0.4 is 0 Å². The van der Waals surface area contributed by atoms with E-state index in [0.29, 0.717) is 12.2 Å². The molecule has 0 radical (unpaired) electrons. The first-order valence-corrected chi connectivity index (χ1v) is 4.90. The Morgan fingerprint density at radius 2 is 2.27 bits per heavy atom. The maximum absolute atomic E-state index is 11.0. The van der Waals surface area contributed by atoms with Gasteiger partial charge in [0, 0.05) is 19.3 Å². The van der Waals surface area contributed by atoms with Crippen LogP contribution in [0.5, 0.6) is 0 Å². The zero-order valence-electron chi connectivity index (χ0n) is 7.42. The highest BCUT2D eigenvalue weighted by molar-refractivity contribution is 8.00. The zero-order chi connectivity index (χ0) is 8.69. The van der Waals surface area contributed by atoms with Gasteiger partial charge >= 0.3 is 0 Å². The van der Waals surface area contributed by atoms with Crippen LogP contribution in [0.4, 0.5) is 0 Å². The molecule has 0 bridgehead atoms. The summed E-state index contributed by atoms with van der Waals surface area (Å²) in [7, 11) is 1.67. The molecule has 3 heteroatoms. The van der Waals surface area contributed by atoms with E-state index in [-0.39, 0.29) is 5.25 Å². The van der Waals surface area contributed by atoms with Crippen molar-refractivity contribution in [2.45, 2.75) is 25.5 Å². The number of methoxy groups -OCH3 is 1. The van der Waals surface area contributed by atoms with Crippen molar-refractivity contribution in [3.05, 3.63) is 0 Å². The van der Waals surface area contributed by atoms with Crippen LogP contribution in [0, 0.1) is 0 Å². The third-order valence-corrected chi connectivity index (χ3v) is 2.62. The van der Waals surface area contributed by atoms with Gasteiger partial charge in [-0.1, -0.05) is 6.92 Å². The largest absolute Gasteiger partial charge is 0.384 e. The van der Waals surface area contributed by atoms with E-state index in [0.717, 1.165) is 12.4 Å². The topological polar surface area (TPSA) is 26.3 Å². The van der Waals surface area contributed by atoms with Gasteiger partial charge in [0.25, 0.3) is 0 Å². The van der Waals surface area contributed by atoms with Crippen molar-refractivity contribution in [1.82, 2.24) is 0 Å². The van der Waals surface area contributed by atoms with Crippen molar-refractivity contribution in [3.63, 3.8) is 0 Å². The fraction of sp³-hybridized carbons (Fsp3) is 0.875. The molecule has 0 fully saturated rings. The smallest absolute Gasteiger partial charge is 0.145 e. The Labute approximate surface area is 72.7 Å². The van der Waals surface area contributed by atoms with Gasteiger partial charge in [0.15, 0.2) is 0 Å². The molecule has 0 aromatic carbocycles. The molecular formula is C8H16O2S. The average molecular weight is 176 g/mol. The maximum atomic E-state index is 11.0. The molecule has 0 aromatic rings. The molecule has 11 heavy (non-hydrogen) atoms. The molecule has 0 saturated carbocycles. The molecule has 66 valence electrons. The monoisotopic (exact) mass is 176 g/mol. The van der Waals surface area contributed by atoms with Gasteiger partial charge in [0.1, 0.15) is 5.78 Å². The molecule has 0 saturated heterocycles. The molecule has 1 atom stereocenters. The summed E-state index contributed by atoms with van der Waals surface area (Å²) in [5.74, 6) is 1.23. The molecule has 0 N–H and O–H groups in total. The second-order valence-corrected chi connectivity index (χ2v) is 3.77. The predicted molar refractivity (Wildman–Crippen MR) is 49.1 cm³/mol. The van der Waals surface area contributed by atoms with Crippen LogP contribution in [-0.2, 0) is 9.53 Å². The number of hydrogen-bond acceptors (Lipinski definition) is 3. The summed E-state index contributed by atoms with van der Waals surface area (Å²) in [6.45, 7) is 4.58. The number of Topliss-reactive ketones (excluding diaryl/α,β-unsaturated/α-hetero) is 1. The van der Waals surface area contributed by atoms with Crippen LogP contribution in [0.15, 0.2) is 0 Å². The lowest BCUT2D eigenvalue weighted by Crippen LogP contribution is -2.13. The average Bonchev–Trinajstić information content (AvgIpc) is 2.03. The lowest BCUT2D eigenvalue weighted by molar-refractivity contribution is -0.117. The van der Waals surface area contributed by atoms with Gasteiger partial charge in [-0.05, 0) is 6.92 Å². The first kappa shape index (κ1) is 11.0. The summed E-state index contributed by atoms with van der Waals surface area (Å²) in [6.07, 6.45) is 0.640. The molecule has 0 spiro atoms. The van der Waals surface area contributed by atoms with Crippen molar-refractivity contribution >= 4 is 17.5 Å². The van der Waals surface area contributed by atoms with E-state index in [2.05, 4.69) is 0 Å². The molecule has 0 aromatic heterocycles. The van der Waals surface area contributed by atoms with Crippen LogP contribution in [-0.4, -0.2) is 30.5 Å². The van der Waals surface area contributed by atoms with E-state index in [1.54, 1.807) is 18.9 Å².